The van der Waals surface area contributed by atoms with Crippen molar-refractivity contribution < 1.29 is 14.7 Å². The van der Waals surface area contributed by atoms with E-state index in [2.05, 4.69) is 10.6 Å². The highest BCUT2D eigenvalue weighted by molar-refractivity contribution is 5.85. The number of carbonyl (C=O) groups excluding carboxylic acids is 1. The molecule has 1 aliphatic heterocycles. The van der Waals surface area contributed by atoms with Crippen LogP contribution in [0.15, 0.2) is 0 Å². The van der Waals surface area contributed by atoms with Crippen molar-refractivity contribution in [3.63, 3.8) is 0 Å². The number of rotatable bonds is 3. The van der Waals surface area contributed by atoms with Gasteiger partial charge in [-0.25, -0.2) is 0 Å². The molecule has 1 atom stereocenters. The summed E-state index contributed by atoms with van der Waals surface area (Å²) in [5.74, 6) is -0.863. The molecule has 2 aliphatic rings. The molecule has 96 valence electrons. The average Bonchev–Trinajstić information content (AvgIpc) is 2.33. The molecule has 1 amide bonds. The number of aliphatic carboxylic acids is 1. The molecule has 0 spiro atoms. The number of hydrogen-bond acceptors (Lipinski definition) is 3. The Bertz CT molecular complexity index is 311. The highest BCUT2D eigenvalue weighted by atomic mass is 16.4. The molecule has 1 unspecified atom stereocenters. The van der Waals surface area contributed by atoms with E-state index in [0.29, 0.717) is 19.4 Å². The van der Waals surface area contributed by atoms with E-state index in [0.717, 1.165) is 32.1 Å². The van der Waals surface area contributed by atoms with E-state index < -0.39 is 11.5 Å². The minimum Gasteiger partial charge on any atom is -0.480 e. The Kier molecular flexibility index (Phi) is 3.66. The molecule has 5 heteroatoms. The number of piperidine rings is 1. The van der Waals surface area contributed by atoms with Gasteiger partial charge in [0.05, 0.1) is 6.04 Å². The lowest BCUT2D eigenvalue weighted by Crippen LogP contribution is -2.61. The largest absolute Gasteiger partial charge is 0.480 e. The zero-order valence-electron chi connectivity index (χ0n) is 10.00. The van der Waals surface area contributed by atoms with Crippen molar-refractivity contribution >= 4 is 11.9 Å². The van der Waals surface area contributed by atoms with Crippen LogP contribution in [0.4, 0.5) is 0 Å². The minimum absolute atomic E-state index is 0.0533. The van der Waals surface area contributed by atoms with Gasteiger partial charge in [-0.05, 0) is 25.7 Å². The van der Waals surface area contributed by atoms with Crippen molar-refractivity contribution in [2.24, 2.45) is 0 Å². The first-order chi connectivity index (χ1) is 8.14. The van der Waals surface area contributed by atoms with Gasteiger partial charge in [-0.15, -0.1) is 0 Å². The Hall–Kier alpha value is -1.10. The van der Waals surface area contributed by atoms with Crippen LogP contribution >= 0.6 is 0 Å². The maximum absolute atomic E-state index is 11.7. The van der Waals surface area contributed by atoms with Crippen LogP contribution in [0.5, 0.6) is 0 Å². The second kappa shape index (κ2) is 5.04. The van der Waals surface area contributed by atoms with E-state index in [1.807, 2.05) is 0 Å². The Morgan fingerprint density at radius 1 is 1.29 bits per heavy atom. The van der Waals surface area contributed by atoms with Gasteiger partial charge in [0.1, 0.15) is 5.54 Å². The zero-order chi connectivity index (χ0) is 12.3. The van der Waals surface area contributed by atoms with Crippen molar-refractivity contribution in [2.45, 2.75) is 56.5 Å². The second-order valence-corrected chi connectivity index (χ2v) is 5.08. The maximum atomic E-state index is 11.7. The first kappa shape index (κ1) is 12.4. The van der Waals surface area contributed by atoms with Gasteiger partial charge >= 0.3 is 5.97 Å². The predicted octanol–water partition coefficient (Wildman–Crippen LogP) is 0.642. The molecule has 1 heterocycles. The van der Waals surface area contributed by atoms with Crippen LogP contribution in [0.25, 0.3) is 0 Å². The normalized spacial score (nSPS) is 28.5. The molecular formula is C12H20N2O3. The summed E-state index contributed by atoms with van der Waals surface area (Å²) < 4.78 is 0. The van der Waals surface area contributed by atoms with Crippen LogP contribution in [0.3, 0.4) is 0 Å². The minimum atomic E-state index is -0.877. The van der Waals surface area contributed by atoms with Gasteiger partial charge in [0.15, 0.2) is 0 Å². The Morgan fingerprint density at radius 3 is 2.59 bits per heavy atom. The number of carboxylic acids is 1. The first-order valence-electron chi connectivity index (χ1n) is 6.43. The first-order valence-corrected chi connectivity index (χ1v) is 6.43. The van der Waals surface area contributed by atoms with Crippen molar-refractivity contribution in [3.8, 4) is 0 Å². The Labute approximate surface area is 101 Å². The fourth-order valence-corrected chi connectivity index (χ4v) is 2.82. The topological polar surface area (TPSA) is 78.4 Å². The smallest absolute Gasteiger partial charge is 0.323 e. The van der Waals surface area contributed by atoms with Gasteiger partial charge < -0.3 is 10.4 Å². The van der Waals surface area contributed by atoms with Gasteiger partial charge in [-0.3, -0.25) is 14.9 Å². The summed E-state index contributed by atoms with van der Waals surface area (Å²) in [6.45, 7) is 0.705. The van der Waals surface area contributed by atoms with Crippen LogP contribution in [0, 0.1) is 0 Å². The second-order valence-electron chi connectivity index (χ2n) is 5.08. The molecule has 5 nitrogen and oxygen atoms in total. The Balaban J connectivity index is 2.06. The summed E-state index contributed by atoms with van der Waals surface area (Å²) in [4.78, 5) is 23.1. The molecule has 0 aromatic carbocycles. The lowest BCUT2D eigenvalue weighted by Gasteiger charge is -2.38. The predicted molar refractivity (Wildman–Crippen MR) is 62.6 cm³/mol. The third-order valence-corrected chi connectivity index (χ3v) is 3.85. The molecule has 0 aromatic rings. The monoisotopic (exact) mass is 240 g/mol. The molecule has 0 aromatic heterocycles. The number of carboxylic acid groups (broad SMARTS) is 1. The standard InChI is InChI=1S/C12H20N2O3/c15-10-9(5-4-8-13-10)14-12(11(16)17)6-2-1-3-7-12/h9,14H,1-8H2,(H,13,15)(H,16,17). The lowest BCUT2D eigenvalue weighted by atomic mass is 9.80. The highest BCUT2D eigenvalue weighted by Gasteiger charge is 2.42. The molecule has 1 aliphatic carbocycles. The third kappa shape index (κ3) is 2.60. The zero-order valence-corrected chi connectivity index (χ0v) is 10.00. The quantitative estimate of drug-likeness (QED) is 0.676. The maximum Gasteiger partial charge on any atom is 0.323 e. The summed E-state index contributed by atoms with van der Waals surface area (Å²) in [6.07, 6.45) is 5.85. The number of carbonyl (C=O) groups is 2. The summed E-state index contributed by atoms with van der Waals surface area (Å²) in [5, 5.41) is 15.3. The van der Waals surface area contributed by atoms with Gasteiger partial charge in [0, 0.05) is 6.54 Å². The summed E-state index contributed by atoms with van der Waals surface area (Å²) in [5.41, 5.74) is -0.877. The van der Waals surface area contributed by atoms with Gasteiger partial charge in [-0.1, -0.05) is 19.3 Å². The van der Waals surface area contributed by atoms with E-state index in [1.54, 1.807) is 0 Å². The van der Waals surface area contributed by atoms with Crippen LogP contribution < -0.4 is 10.6 Å². The van der Waals surface area contributed by atoms with Crippen molar-refractivity contribution in [2.75, 3.05) is 6.54 Å². The fraction of sp³-hybridized carbons (Fsp3) is 0.833. The molecular weight excluding hydrogens is 220 g/mol. The summed E-state index contributed by atoms with van der Waals surface area (Å²) in [7, 11) is 0. The van der Waals surface area contributed by atoms with E-state index in [1.165, 1.54) is 0 Å². The molecule has 0 bridgehead atoms. The van der Waals surface area contributed by atoms with E-state index in [9.17, 15) is 14.7 Å². The van der Waals surface area contributed by atoms with Crippen molar-refractivity contribution in [1.29, 1.82) is 0 Å². The molecule has 1 saturated heterocycles. The molecule has 2 fully saturated rings. The third-order valence-electron chi connectivity index (χ3n) is 3.85. The van der Waals surface area contributed by atoms with E-state index in [-0.39, 0.29) is 11.9 Å². The summed E-state index contributed by atoms with van der Waals surface area (Å²) in [6, 6.07) is -0.335. The van der Waals surface area contributed by atoms with Crippen LogP contribution in [0.1, 0.15) is 44.9 Å². The molecule has 3 N–H and O–H groups in total. The van der Waals surface area contributed by atoms with Crippen LogP contribution in [0.2, 0.25) is 0 Å². The van der Waals surface area contributed by atoms with Crippen LogP contribution in [-0.4, -0.2) is 35.1 Å². The Morgan fingerprint density at radius 2 is 2.00 bits per heavy atom. The van der Waals surface area contributed by atoms with Crippen molar-refractivity contribution in [3.05, 3.63) is 0 Å². The molecule has 1 saturated carbocycles. The van der Waals surface area contributed by atoms with E-state index >= 15 is 0 Å². The average molecular weight is 240 g/mol. The fourth-order valence-electron chi connectivity index (χ4n) is 2.82. The molecule has 2 rings (SSSR count). The SMILES string of the molecule is O=C1NCCCC1NC1(C(=O)O)CCCCC1. The van der Waals surface area contributed by atoms with Gasteiger partial charge in [0.2, 0.25) is 5.91 Å². The lowest BCUT2D eigenvalue weighted by molar-refractivity contribution is -0.147. The summed E-state index contributed by atoms with van der Waals surface area (Å²) >= 11 is 0. The number of hydrogen-bond donors (Lipinski definition) is 3. The van der Waals surface area contributed by atoms with Crippen molar-refractivity contribution in [1.82, 2.24) is 10.6 Å². The van der Waals surface area contributed by atoms with Crippen LogP contribution in [-0.2, 0) is 9.59 Å². The van der Waals surface area contributed by atoms with E-state index in [4.69, 9.17) is 0 Å². The molecule has 17 heavy (non-hydrogen) atoms. The van der Waals surface area contributed by atoms with Gasteiger partial charge in [-0.2, -0.15) is 0 Å². The number of nitrogens with one attached hydrogen (secondary N) is 2. The highest BCUT2D eigenvalue weighted by Crippen LogP contribution is 2.29. The van der Waals surface area contributed by atoms with Gasteiger partial charge in [0.25, 0.3) is 0 Å². The molecule has 0 radical (unpaired) electrons. The number of amides is 1.